The number of rotatable bonds is 12. The summed E-state index contributed by atoms with van der Waals surface area (Å²) in [6.45, 7) is 4.69. The monoisotopic (exact) mass is 593 g/mol. The number of carbonyl (C=O) groups is 3. The van der Waals surface area contributed by atoms with Gasteiger partial charge in [-0.1, -0.05) is 24.9 Å². The summed E-state index contributed by atoms with van der Waals surface area (Å²) in [5.41, 5.74) is 0.968. The van der Waals surface area contributed by atoms with E-state index in [0.29, 0.717) is 23.5 Å². The Morgan fingerprint density at radius 2 is 1.69 bits per heavy atom. The molecule has 0 atom stereocenters. The molecule has 0 aromatic heterocycles. The maximum atomic E-state index is 13.3. The number of nitrogens with one attached hydrogen (secondary N) is 1. The Hall–Kier alpha value is -4.90. The Morgan fingerprint density at radius 3 is 2.33 bits per heavy atom. The molecule has 218 valence electrons. The number of barbiturate groups is 1. The van der Waals surface area contributed by atoms with Crippen molar-refractivity contribution in [1.82, 2.24) is 5.32 Å². The fraction of sp³-hybridized carbons (Fsp3) is 0.233. The van der Waals surface area contributed by atoms with E-state index in [0.717, 1.165) is 17.7 Å². The van der Waals surface area contributed by atoms with Crippen LogP contribution in [0.25, 0.3) is 6.08 Å². The zero-order valence-corrected chi connectivity index (χ0v) is 23.7. The van der Waals surface area contributed by atoms with Crippen LogP contribution in [-0.2, 0) is 16.2 Å². The van der Waals surface area contributed by atoms with E-state index < -0.39 is 22.8 Å². The molecule has 11 nitrogen and oxygen atoms in total. The fourth-order valence-electron chi connectivity index (χ4n) is 4.03. The number of carbonyl (C=O) groups excluding carboxylic acids is 3. The van der Waals surface area contributed by atoms with Gasteiger partial charge in [0, 0.05) is 12.1 Å². The van der Waals surface area contributed by atoms with Crippen molar-refractivity contribution in [1.29, 1.82) is 0 Å². The SMILES string of the molecule is CCCCOc1ccc(N2C(=O)NC(=O)/C(=C/c3cc(Cl)c(OCc4ccc([N+](=O)[O-])cc4)c(OCC)c3)C2=O)cc1. The van der Waals surface area contributed by atoms with Crippen molar-refractivity contribution in [3.8, 4) is 17.2 Å². The lowest BCUT2D eigenvalue weighted by Gasteiger charge is -2.26. The summed E-state index contributed by atoms with van der Waals surface area (Å²) >= 11 is 6.52. The van der Waals surface area contributed by atoms with E-state index in [1.165, 1.54) is 24.3 Å². The Balaban J connectivity index is 1.57. The number of unbranched alkanes of at least 4 members (excludes halogenated alkanes) is 1. The lowest BCUT2D eigenvalue weighted by atomic mass is 10.1. The van der Waals surface area contributed by atoms with E-state index in [-0.39, 0.29) is 46.7 Å². The molecule has 4 rings (SSSR count). The van der Waals surface area contributed by atoms with Gasteiger partial charge in [-0.2, -0.15) is 0 Å². The smallest absolute Gasteiger partial charge is 0.335 e. The third-order valence-corrected chi connectivity index (χ3v) is 6.42. The molecule has 0 spiro atoms. The lowest BCUT2D eigenvalue weighted by Crippen LogP contribution is -2.54. The standard InChI is InChI=1S/C30H28ClN3O8/c1-3-5-14-41-23-12-10-21(11-13-23)33-29(36)24(28(35)32-30(33)37)15-20-16-25(31)27(26(17-20)40-4-2)42-18-19-6-8-22(9-7-19)34(38)39/h6-13,15-17H,3-5,14,18H2,1-2H3,(H,32,35,37)/b24-15-. The van der Waals surface area contributed by atoms with Gasteiger partial charge in [0.2, 0.25) is 0 Å². The van der Waals surface area contributed by atoms with Crippen LogP contribution in [0.5, 0.6) is 17.2 Å². The molecule has 12 heteroatoms. The van der Waals surface area contributed by atoms with Crippen LogP contribution in [0, 0.1) is 10.1 Å². The van der Waals surface area contributed by atoms with Gasteiger partial charge >= 0.3 is 6.03 Å². The number of urea groups is 1. The number of benzene rings is 3. The molecule has 0 radical (unpaired) electrons. The molecule has 1 saturated heterocycles. The number of nitro benzene ring substituents is 1. The van der Waals surface area contributed by atoms with Gasteiger partial charge < -0.3 is 14.2 Å². The third-order valence-electron chi connectivity index (χ3n) is 6.14. The van der Waals surface area contributed by atoms with Crippen molar-refractivity contribution in [3.05, 3.63) is 92.5 Å². The second-order valence-corrected chi connectivity index (χ2v) is 9.54. The first-order chi connectivity index (χ1) is 20.2. The van der Waals surface area contributed by atoms with Crippen LogP contribution < -0.4 is 24.4 Å². The second-order valence-electron chi connectivity index (χ2n) is 9.13. The number of anilines is 1. The fourth-order valence-corrected chi connectivity index (χ4v) is 4.30. The highest BCUT2D eigenvalue weighted by atomic mass is 35.5. The van der Waals surface area contributed by atoms with Crippen molar-refractivity contribution < 1.29 is 33.5 Å². The number of non-ortho nitro benzene ring substituents is 1. The van der Waals surface area contributed by atoms with Gasteiger partial charge in [-0.05, 0) is 79.1 Å². The van der Waals surface area contributed by atoms with Crippen LogP contribution in [0.1, 0.15) is 37.8 Å². The number of amides is 4. The summed E-state index contributed by atoms with van der Waals surface area (Å²) in [6, 6.07) is 14.5. The lowest BCUT2D eigenvalue weighted by molar-refractivity contribution is -0.384. The van der Waals surface area contributed by atoms with Crippen LogP contribution in [0.3, 0.4) is 0 Å². The predicted molar refractivity (Wildman–Crippen MR) is 156 cm³/mol. The minimum atomic E-state index is -0.871. The number of hydrogen-bond donors (Lipinski definition) is 1. The van der Waals surface area contributed by atoms with Crippen LogP contribution >= 0.6 is 11.6 Å². The molecule has 1 aliphatic heterocycles. The average molecular weight is 594 g/mol. The highest BCUT2D eigenvalue weighted by Gasteiger charge is 2.37. The van der Waals surface area contributed by atoms with Crippen LogP contribution in [0.2, 0.25) is 5.02 Å². The molecule has 0 aliphatic carbocycles. The van der Waals surface area contributed by atoms with Gasteiger partial charge in [0.05, 0.1) is 28.8 Å². The molecule has 1 N–H and O–H groups in total. The topological polar surface area (TPSA) is 137 Å². The number of nitro groups is 1. The van der Waals surface area contributed by atoms with E-state index in [1.54, 1.807) is 49.4 Å². The van der Waals surface area contributed by atoms with Crippen molar-refractivity contribution in [2.45, 2.75) is 33.3 Å². The van der Waals surface area contributed by atoms with Crippen LogP contribution in [0.4, 0.5) is 16.2 Å². The molecular formula is C30H28ClN3O8. The molecule has 0 saturated carbocycles. The minimum Gasteiger partial charge on any atom is -0.494 e. The maximum absolute atomic E-state index is 13.3. The normalized spacial score (nSPS) is 14.1. The summed E-state index contributed by atoms with van der Waals surface area (Å²) in [6.07, 6.45) is 3.19. The molecule has 0 unspecified atom stereocenters. The summed E-state index contributed by atoms with van der Waals surface area (Å²) in [5, 5.41) is 13.2. The minimum absolute atomic E-state index is 0.0424. The summed E-state index contributed by atoms with van der Waals surface area (Å²) < 4.78 is 17.2. The van der Waals surface area contributed by atoms with Gasteiger partial charge in [-0.25, -0.2) is 9.69 Å². The van der Waals surface area contributed by atoms with Crippen LogP contribution in [0.15, 0.2) is 66.2 Å². The van der Waals surface area contributed by atoms with E-state index >= 15 is 0 Å². The van der Waals surface area contributed by atoms with Gasteiger partial charge in [-0.15, -0.1) is 0 Å². The molecule has 0 bridgehead atoms. The maximum Gasteiger partial charge on any atom is 0.335 e. The zero-order chi connectivity index (χ0) is 30.2. The number of imide groups is 2. The van der Waals surface area contributed by atoms with Gasteiger partial charge in [0.1, 0.15) is 17.9 Å². The van der Waals surface area contributed by atoms with Gasteiger partial charge in [0.15, 0.2) is 11.5 Å². The molecule has 1 fully saturated rings. The Bertz CT molecular complexity index is 1520. The first-order valence-electron chi connectivity index (χ1n) is 13.2. The Morgan fingerprint density at radius 1 is 0.976 bits per heavy atom. The van der Waals surface area contributed by atoms with Crippen molar-refractivity contribution in [2.24, 2.45) is 0 Å². The zero-order valence-electron chi connectivity index (χ0n) is 22.9. The number of halogens is 1. The number of ether oxygens (including phenoxy) is 3. The Labute approximate surface area is 246 Å². The molecular weight excluding hydrogens is 566 g/mol. The first-order valence-corrected chi connectivity index (χ1v) is 13.6. The summed E-state index contributed by atoms with van der Waals surface area (Å²) in [7, 11) is 0. The van der Waals surface area contributed by atoms with Gasteiger partial charge in [0.25, 0.3) is 17.5 Å². The highest BCUT2D eigenvalue weighted by molar-refractivity contribution is 6.39. The highest BCUT2D eigenvalue weighted by Crippen LogP contribution is 2.38. The van der Waals surface area contributed by atoms with Gasteiger partial charge in [-0.3, -0.25) is 25.0 Å². The summed E-state index contributed by atoms with van der Waals surface area (Å²) in [4.78, 5) is 49.9. The average Bonchev–Trinajstić information content (AvgIpc) is 2.96. The predicted octanol–water partition coefficient (Wildman–Crippen LogP) is 6.07. The molecule has 1 aliphatic rings. The molecule has 42 heavy (non-hydrogen) atoms. The molecule has 1 heterocycles. The number of nitrogens with zero attached hydrogens (tertiary/aromatic N) is 2. The van der Waals surface area contributed by atoms with Crippen LogP contribution in [-0.4, -0.2) is 36.0 Å². The van der Waals surface area contributed by atoms with E-state index in [4.69, 9.17) is 25.8 Å². The molecule has 4 amide bonds. The van der Waals surface area contributed by atoms with E-state index in [2.05, 4.69) is 12.2 Å². The quantitative estimate of drug-likeness (QED) is 0.0878. The Kier molecular flexibility index (Phi) is 9.77. The largest absolute Gasteiger partial charge is 0.494 e. The number of hydrogen-bond acceptors (Lipinski definition) is 8. The third kappa shape index (κ3) is 7.05. The van der Waals surface area contributed by atoms with Crippen molar-refractivity contribution in [3.63, 3.8) is 0 Å². The molecule has 3 aromatic rings. The first kappa shape index (κ1) is 30.1. The van der Waals surface area contributed by atoms with Crippen molar-refractivity contribution in [2.75, 3.05) is 18.1 Å². The summed E-state index contributed by atoms with van der Waals surface area (Å²) in [5.74, 6) is -0.590. The van der Waals surface area contributed by atoms with E-state index in [1.807, 2.05) is 0 Å². The van der Waals surface area contributed by atoms with E-state index in [9.17, 15) is 24.5 Å². The van der Waals surface area contributed by atoms with Crippen molar-refractivity contribution >= 4 is 46.9 Å². The second kappa shape index (κ2) is 13.6. The molecule has 3 aromatic carbocycles.